The van der Waals surface area contributed by atoms with Crippen molar-refractivity contribution in [1.82, 2.24) is 10.2 Å². The van der Waals surface area contributed by atoms with Gasteiger partial charge in [-0.3, -0.25) is 4.99 Å². The predicted octanol–water partition coefficient (Wildman–Crippen LogP) is 2.88. The summed E-state index contributed by atoms with van der Waals surface area (Å²) in [5.41, 5.74) is 1.11. The van der Waals surface area contributed by atoms with Gasteiger partial charge in [0.05, 0.1) is 14.2 Å². The molecule has 0 aromatic heterocycles. The number of benzene rings is 1. The second-order valence-corrected chi connectivity index (χ2v) is 5.35. The highest BCUT2D eigenvalue weighted by molar-refractivity contribution is 14.0. The summed E-state index contributed by atoms with van der Waals surface area (Å²) in [6.07, 6.45) is 3.78. The Morgan fingerprint density at radius 3 is 2.55 bits per heavy atom. The predicted molar refractivity (Wildman–Crippen MR) is 101 cm³/mol. The van der Waals surface area contributed by atoms with Crippen molar-refractivity contribution in [3.05, 3.63) is 23.8 Å². The van der Waals surface area contributed by atoms with Gasteiger partial charge in [0, 0.05) is 38.3 Å². The van der Waals surface area contributed by atoms with E-state index in [0.29, 0.717) is 6.04 Å². The fourth-order valence-corrected chi connectivity index (χ4v) is 2.39. The third-order valence-electron chi connectivity index (χ3n) is 3.91. The molecule has 1 aliphatic carbocycles. The summed E-state index contributed by atoms with van der Waals surface area (Å²) < 4.78 is 10.7. The molecule has 0 aliphatic heterocycles. The topological polar surface area (TPSA) is 46.1 Å². The normalized spacial score (nSPS) is 14.6. The van der Waals surface area contributed by atoms with Crippen LogP contribution in [0.5, 0.6) is 11.5 Å². The molecule has 124 valence electrons. The molecule has 5 nitrogen and oxygen atoms in total. The van der Waals surface area contributed by atoms with Gasteiger partial charge in [-0.05, 0) is 31.4 Å². The van der Waals surface area contributed by atoms with Crippen LogP contribution < -0.4 is 14.8 Å². The molecule has 2 rings (SSSR count). The number of hydrogen-bond acceptors (Lipinski definition) is 3. The zero-order valence-electron chi connectivity index (χ0n) is 13.8. The summed E-state index contributed by atoms with van der Waals surface area (Å²) >= 11 is 0. The maximum atomic E-state index is 5.45. The number of nitrogens with zero attached hydrogens (tertiary/aromatic N) is 2. The van der Waals surface area contributed by atoms with Gasteiger partial charge in [-0.25, -0.2) is 0 Å². The van der Waals surface area contributed by atoms with E-state index in [9.17, 15) is 0 Å². The molecular weight excluding hydrogens is 393 g/mol. The van der Waals surface area contributed by atoms with Crippen LogP contribution in [0.3, 0.4) is 0 Å². The van der Waals surface area contributed by atoms with Crippen LogP contribution in [0.25, 0.3) is 0 Å². The van der Waals surface area contributed by atoms with E-state index in [1.807, 2.05) is 32.3 Å². The molecule has 0 radical (unpaired) electrons. The van der Waals surface area contributed by atoms with Crippen LogP contribution in [-0.2, 0) is 6.54 Å². The lowest BCUT2D eigenvalue weighted by atomic mass is 9.93. The first-order chi connectivity index (χ1) is 10.2. The number of hydrogen-bond donors (Lipinski definition) is 1. The Bertz CT molecular complexity index is 504. The Hall–Kier alpha value is -1.18. The third-order valence-corrected chi connectivity index (χ3v) is 3.91. The maximum absolute atomic E-state index is 5.45. The molecule has 1 aromatic rings. The number of ether oxygens (including phenoxy) is 2. The van der Waals surface area contributed by atoms with Gasteiger partial charge in [0.15, 0.2) is 5.96 Å². The van der Waals surface area contributed by atoms with E-state index < -0.39 is 0 Å². The minimum atomic E-state index is 0. The molecule has 1 saturated carbocycles. The Kier molecular flexibility index (Phi) is 7.78. The lowest BCUT2D eigenvalue weighted by Crippen LogP contribution is -2.46. The number of aliphatic imine (C=N–C) groups is 1. The average Bonchev–Trinajstić information content (AvgIpc) is 2.46. The fourth-order valence-electron chi connectivity index (χ4n) is 2.39. The van der Waals surface area contributed by atoms with Crippen molar-refractivity contribution >= 4 is 29.9 Å². The second-order valence-electron chi connectivity index (χ2n) is 5.35. The molecule has 1 aromatic carbocycles. The molecule has 1 N–H and O–H groups in total. The van der Waals surface area contributed by atoms with Gasteiger partial charge in [-0.2, -0.15) is 0 Å². The summed E-state index contributed by atoms with van der Waals surface area (Å²) in [6, 6.07) is 6.47. The van der Waals surface area contributed by atoms with Gasteiger partial charge in [0.2, 0.25) is 0 Å². The number of nitrogens with one attached hydrogen (secondary N) is 1. The molecule has 0 unspecified atom stereocenters. The highest BCUT2D eigenvalue weighted by Gasteiger charge is 2.20. The van der Waals surface area contributed by atoms with Crippen LogP contribution in [0.1, 0.15) is 24.8 Å². The molecule has 1 aliphatic rings. The van der Waals surface area contributed by atoms with Crippen molar-refractivity contribution < 1.29 is 9.47 Å². The van der Waals surface area contributed by atoms with Crippen LogP contribution in [0.2, 0.25) is 0 Å². The van der Waals surface area contributed by atoms with Gasteiger partial charge in [-0.1, -0.05) is 0 Å². The van der Waals surface area contributed by atoms with Gasteiger partial charge in [0.1, 0.15) is 11.5 Å². The molecule has 0 bridgehead atoms. The maximum Gasteiger partial charge on any atom is 0.193 e. The number of methoxy groups -OCH3 is 2. The van der Waals surface area contributed by atoms with Crippen LogP contribution >= 0.6 is 24.0 Å². The Balaban J connectivity index is 0.00000242. The SMILES string of the molecule is CN=C(NC1CCC1)N(C)Cc1ccc(OC)cc1OC.I. The first-order valence-electron chi connectivity index (χ1n) is 7.33. The van der Waals surface area contributed by atoms with E-state index in [1.165, 1.54) is 19.3 Å². The van der Waals surface area contributed by atoms with Gasteiger partial charge in [-0.15, -0.1) is 24.0 Å². The van der Waals surface area contributed by atoms with Crippen molar-refractivity contribution in [1.29, 1.82) is 0 Å². The van der Waals surface area contributed by atoms with Crippen molar-refractivity contribution in [2.75, 3.05) is 28.3 Å². The standard InChI is InChI=1S/C16H25N3O2.HI/c1-17-16(18-13-6-5-7-13)19(2)11-12-8-9-14(20-3)10-15(12)21-4;/h8-10,13H,5-7,11H2,1-4H3,(H,17,18);1H. The zero-order valence-corrected chi connectivity index (χ0v) is 16.1. The highest BCUT2D eigenvalue weighted by Crippen LogP contribution is 2.25. The quantitative estimate of drug-likeness (QED) is 0.453. The van der Waals surface area contributed by atoms with Crippen LogP contribution in [0.15, 0.2) is 23.2 Å². The molecule has 0 heterocycles. The van der Waals surface area contributed by atoms with Crippen molar-refractivity contribution in [3.8, 4) is 11.5 Å². The monoisotopic (exact) mass is 419 g/mol. The van der Waals surface area contributed by atoms with Crippen molar-refractivity contribution in [2.45, 2.75) is 31.8 Å². The Labute approximate surface area is 150 Å². The van der Waals surface area contributed by atoms with Gasteiger partial charge < -0.3 is 19.7 Å². The summed E-state index contributed by atoms with van der Waals surface area (Å²) in [4.78, 5) is 6.47. The largest absolute Gasteiger partial charge is 0.497 e. The zero-order chi connectivity index (χ0) is 15.2. The van der Waals surface area contributed by atoms with E-state index in [-0.39, 0.29) is 24.0 Å². The van der Waals surface area contributed by atoms with E-state index in [1.54, 1.807) is 14.2 Å². The van der Waals surface area contributed by atoms with Gasteiger partial charge >= 0.3 is 0 Å². The second kappa shape index (κ2) is 9.07. The summed E-state index contributed by atoms with van der Waals surface area (Å²) in [5, 5.41) is 3.49. The van der Waals surface area contributed by atoms with E-state index in [4.69, 9.17) is 9.47 Å². The van der Waals surface area contributed by atoms with Crippen molar-refractivity contribution in [3.63, 3.8) is 0 Å². The smallest absolute Gasteiger partial charge is 0.193 e. The summed E-state index contributed by atoms with van der Waals surface area (Å²) in [5.74, 6) is 2.56. The molecular formula is C16H26IN3O2. The average molecular weight is 419 g/mol. The molecule has 6 heteroatoms. The third kappa shape index (κ3) is 4.66. The number of rotatable bonds is 5. The molecule has 0 atom stereocenters. The number of halogens is 1. The van der Waals surface area contributed by atoms with Crippen LogP contribution in [-0.4, -0.2) is 45.2 Å². The molecule has 22 heavy (non-hydrogen) atoms. The Morgan fingerprint density at radius 1 is 1.32 bits per heavy atom. The first kappa shape index (κ1) is 18.9. The summed E-state index contributed by atoms with van der Waals surface area (Å²) in [6.45, 7) is 0.736. The molecule has 0 saturated heterocycles. The van der Waals surface area contributed by atoms with E-state index >= 15 is 0 Å². The van der Waals surface area contributed by atoms with E-state index in [2.05, 4.69) is 15.2 Å². The number of guanidine groups is 1. The van der Waals surface area contributed by atoms with Gasteiger partial charge in [0.25, 0.3) is 0 Å². The van der Waals surface area contributed by atoms with E-state index in [0.717, 1.165) is 29.6 Å². The van der Waals surface area contributed by atoms with Crippen LogP contribution in [0.4, 0.5) is 0 Å². The minimum Gasteiger partial charge on any atom is -0.497 e. The van der Waals surface area contributed by atoms with Crippen molar-refractivity contribution in [2.24, 2.45) is 4.99 Å². The first-order valence-corrected chi connectivity index (χ1v) is 7.33. The summed E-state index contributed by atoms with van der Waals surface area (Å²) in [7, 11) is 7.20. The lowest BCUT2D eigenvalue weighted by molar-refractivity contribution is 0.355. The molecule has 0 spiro atoms. The lowest BCUT2D eigenvalue weighted by Gasteiger charge is -2.31. The Morgan fingerprint density at radius 2 is 2.05 bits per heavy atom. The van der Waals surface area contributed by atoms with Crippen LogP contribution in [0, 0.1) is 0 Å². The highest BCUT2D eigenvalue weighted by atomic mass is 127. The molecule has 0 amide bonds. The minimum absolute atomic E-state index is 0. The fraction of sp³-hybridized carbons (Fsp3) is 0.562. The molecule has 1 fully saturated rings.